The molecule has 6 rings (SSSR count). The molecule has 5 aliphatic carbocycles. The van der Waals surface area contributed by atoms with E-state index >= 15 is 0 Å². The number of aliphatic hydroxyl groups is 1. The van der Waals surface area contributed by atoms with Gasteiger partial charge in [0, 0.05) is 41.4 Å². The van der Waals surface area contributed by atoms with Crippen LogP contribution in [0.1, 0.15) is 93.4 Å². The average molecular weight is 483 g/mol. The predicted molar refractivity (Wildman–Crippen MR) is 131 cm³/mol. The summed E-state index contributed by atoms with van der Waals surface area (Å²) in [6.45, 7) is 14.6. The van der Waals surface area contributed by atoms with Crippen molar-refractivity contribution in [3.63, 3.8) is 0 Å². The second-order valence-corrected chi connectivity index (χ2v) is 14.7. The summed E-state index contributed by atoms with van der Waals surface area (Å²) in [5.41, 5.74) is -0.475. The molecule has 35 heavy (non-hydrogen) atoms. The van der Waals surface area contributed by atoms with Crippen molar-refractivity contribution < 1.29 is 24.2 Å². The van der Waals surface area contributed by atoms with Crippen molar-refractivity contribution in [2.45, 2.75) is 111 Å². The Morgan fingerprint density at radius 2 is 1.83 bits per heavy atom. The smallest absolute Gasteiger partial charge is 0.164 e. The van der Waals surface area contributed by atoms with Gasteiger partial charge in [0.25, 0.3) is 0 Å². The molecule has 1 saturated heterocycles. The Balaban J connectivity index is 1.36. The van der Waals surface area contributed by atoms with Gasteiger partial charge >= 0.3 is 0 Å². The molecule has 0 aromatic carbocycles. The molecule has 9 atom stereocenters. The standard InChI is InChI=1S/C30H42O5/c1-16(12-17(31)24-26(4,5)35-24)23-18(32)13-27(6)20-9-8-19-25(2,3)21(33)10-11-29(19)15-30(20,29)22(34)14-28(23,27)7/h9,16,19,22-24,34H,8,10-15H2,1-7H3. The number of epoxide rings is 1. The van der Waals surface area contributed by atoms with Crippen molar-refractivity contribution in [3.05, 3.63) is 11.6 Å². The molecule has 6 aliphatic rings. The van der Waals surface area contributed by atoms with Crippen molar-refractivity contribution >= 4 is 17.3 Å². The number of Topliss-reactive ketones (excluding diaryl/α,β-unsaturated/α-hetero) is 3. The third-order valence-corrected chi connectivity index (χ3v) is 12.4. The van der Waals surface area contributed by atoms with Crippen LogP contribution >= 0.6 is 0 Å². The van der Waals surface area contributed by atoms with Gasteiger partial charge in [-0.25, -0.2) is 0 Å². The average Bonchev–Trinajstić information content (AvgIpc) is 3.58. The number of ketones is 3. The Labute approximate surface area is 209 Å². The molecule has 5 nitrogen and oxygen atoms in total. The summed E-state index contributed by atoms with van der Waals surface area (Å²) < 4.78 is 5.58. The number of carbonyl (C=O) groups is 3. The number of allylic oxidation sites excluding steroid dienone is 1. The van der Waals surface area contributed by atoms with Crippen molar-refractivity contribution in [1.82, 2.24) is 0 Å². The van der Waals surface area contributed by atoms with Crippen molar-refractivity contribution in [1.29, 1.82) is 0 Å². The maximum atomic E-state index is 13.7. The van der Waals surface area contributed by atoms with E-state index in [0.29, 0.717) is 31.5 Å². The van der Waals surface area contributed by atoms with Crippen LogP contribution in [0.25, 0.3) is 0 Å². The van der Waals surface area contributed by atoms with Gasteiger partial charge in [-0.15, -0.1) is 0 Å². The molecule has 0 radical (unpaired) electrons. The van der Waals surface area contributed by atoms with Crippen LogP contribution in [0.3, 0.4) is 0 Å². The highest BCUT2D eigenvalue weighted by atomic mass is 16.6. The minimum atomic E-state index is -0.513. The number of aliphatic hydroxyl groups excluding tert-OH is 1. The van der Waals surface area contributed by atoms with Gasteiger partial charge < -0.3 is 9.84 Å². The zero-order chi connectivity index (χ0) is 25.6. The Hall–Kier alpha value is -1.33. The molecular weight excluding hydrogens is 440 g/mol. The van der Waals surface area contributed by atoms with Crippen LogP contribution in [-0.4, -0.2) is 40.3 Å². The molecule has 9 unspecified atom stereocenters. The van der Waals surface area contributed by atoms with Crippen LogP contribution in [0.2, 0.25) is 0 Å². The highest BCUT2D eigenvalue weighted by Crippen LogP contribution is 2.87. The quantitative estimate of drug-likeness (QED) is 0.458. The first kappa shape index (κ1) is 24.0. The van der Waals surface area contributed by atoms with Crippen LogP contribution in [0.15, 0.2) is 11.6 Å². The lowest BCUT2D eigenvalue weighted by Crippen LogP contribution is -2.57. The van der Waals surface area contributed by atoms with E-state index < -0.39 is 11.5 Å². The number of ether oxygens (including phenoxy) is 1. The molecule has 1 heterocycles. The molecule has 1 N–H and O–H groups in total. The zero-order valence-electron chi connectivity index (χ0n) is 22.5. The van der Waals surface area contributed by atoms with Crippen molar-refractivity contribution in [2.75, 3.05) is 0 Å². The maximum absolute atomic E-state index is 13.7. The van der Waals surface area contributed by atoms with Gasteiger partial charge in [0.2, 0.25) is 0 Å². The number of hydrogen-bond acceptors (Lipinski definition) is 5. The number of hydrogen-bond donors (Lipinski definition) is 1. The summed E-state index contributed by atoms with van der Waals surface area (Å²) in [7, 11) is 0. The molecule has 1 aliphatic heterocycles. The molecule has 0 amide bonds. The van der Waals surface area contributed by atoms with E-state index in [9.17, 15) is 19.5 Å². The molecule has 4 saturated carbocycles. The van der Waals surface area contributed by atoms with E-state index in [1.807, 2.05) is 20.8 Å². The third-order valence-electron chi connectivity index (χ3n) is 12.4. The normalized spacial score (nSPS) is 51.4. The summed E-state index contributed by atoms with van der Waals surface area (Å²) in [5.74, 6) is 0.616. The van der Waals surface area contributed by atoms with Crippen LogP contribution < -0.4 is 0 Å². The van der Waals surface area contributed by atoms with E-state index in [2.05, 4.69) is 33.8 Å². The fourth-order valence-electron chi connectivity index (χ4n) is 10.5. The van der Waals surface area contributed by atoms with Gasteiger partial charge in [-0.3, -0.25) is 14.4 Å². The first-order chi connectivity index (χ1) is 16.1. The molecular formula is C30H42O5. The van der Waals surface area contributed by atoms with Gasteiger partial charge in [-0.1, -0.05) is 46.3 Å². The topological polar surface area (TPSA) is 84.0 Å². The van der Waals surface area contributed by atoms with E-state index in [0.717, 1.165) is 19.3 Å². The SMILES string of the molecule is CC(CC(=O)C1OC1(C)C)C1C(=O)CC2(C)C3=CCC4C(C)(C)C(=O)CCC45CC35C(O)CC12C. The highest BCUT2D eigenvalue weighted by molar-refractivity contribution is 5.90. The zero-order valence-corrected chi connectivity index (χ0v) is 22.5. The Kier molecular flexibility index (Phi) is 4.51. The fourth-order valence-corrected chi connectivity index (χ4v) is 10.5. The number of rotatable bonds is 4. The van der Waals surface area contributed by atoms with Gasteiger partial charge in [-0.2, -0.15) is 0 Å². The molecule has 5 heteroatoms. The Morgan fingerprint density at radius 3 is 2.46 bits per heavy atom. The first-order valence-corrected chi connectivity index (χ1v) is 13.7. The lowest BCUT2D eigenvalue weighted by atomic mass is 9.44. The Morgan fingerprint density at radius 1 is 1.17 bits per heavy atom. The molecule has 0 bridgehead atoms. The van der Waals surface area contributed by atoms with Crippen LogP contribution in [-0.2, 0) is 19.1 Å². The summed E-state index contributed by atoms with van der Waals surface area (Å²) in [5, 5.41) is 11.9. The summed E-state index contributed by atoms with van der Waals surface area (Å²) in [6.07, 6.45) is 6.15. The summed E-state index contributed by atoms with van der Waals surface area (Å²) in [4.78, 5) is 39.5. The van der Waals surface area contributed by atoms with Gasteiger partial charge in [-0.05, 0) is 62.2 Å². The molecule has 2 spiro atoms. The molecule has 192 valence electrons. The van der Waals surface area contributed by atoms with Crippen molar-refractivity contribution in [2.24, 2.45) is 44.8 Å². The highest BCUT2D eigenvalue weighted by Gasteiger charge is 2.83. The molecule has 0 aromatic heterocycles. The van der Waals surface area contributed by atoms with Gasteiger partial charge in [0.05, 0.1) is 11.7 Å². The molecule has 5 fully saturated rings. The predicted octanol–water partition coefficient (Wildman–Crippen LogP) is 4.84. The van der Waals surface area contributed by atoms with Gasteiger partial charge in [0.1, 0.15) is 17.7 Å². The minimum Gasteiger partial charge on any atom is -0.392 e. The monoisotopic (exact) mass is 482 g/mol. The fraction of sp³-hybridized carbons (Fsp3) is 0.833. The molecule has 0 aromatic rings. The minimum absolute atomic E-state index is 0.0180. The second kappa shape index (κ2) is 6.56. The largest absolute Gasteiger partial charge is 0.392 e. The maximum Gasteiger partial charge on any atom is 0.164 e. The van der Waals surface area contributed by atoms with Crippen LogP contribution in [0.5, 0.6) is 0 Å². The van der Waals surface area contributed by atoms with Gasteiger partial charge in [0.15, 0.2) is 5.78 Å². The lowest BCUT2D eigenvalue weighted by molar-refractivity contribution is -0.142. The number of carbonyl (C=O) groups excluding carboxylic acids is 3. The van der Waals surface area contributed by atoms with Crippen LogP contribution in [0.4, 0.5) is 0 Å². The second-order valence-electron chi connectivity index (χ2n) is 14.7. The van der Waals surface area contributed by atoms with E-state index in [-0.39, 0.29) is 62.7 Å². The van der Waals surface area contributed by atoms with E-state index in [1.54, 1.807) is 0 Å². The van der Waals surface area contributed by atoms with Crippen molar-refractivity contribution in [3.8, 4) is 0 Å². The number of fused-ring (bicyclic) bond motifs is 2. The summed E-state index contributed by atoms with van der Waals surface area (Å²) in [6, 6.07) is 0. The van der Waals surface area contributed by atoms with E-state index in [4.69, 9.17) is 4.74 Å². The Bertz CT molecular complexity index is 1080. The third kappa shape index (κ3) is 2.60. The van der Waals surface area contributed by atoms with E-state index in [1.165, 1.54) is 5.57 Å². The van der Waals surface area contributed by atoms with Crippen LogP contribution in [0, 0.1) is 44.8 Å². The first-order valence-electron chi connectivity index (χ1n) is 13.7. The summed E-state index contributed by atoms with van der Waals surface area (Å²) >= 11 is 0. The lowest BCUT2D eigenvalue weighted by Gasteiger charge is -2.60.